The van der Waals surface area contributed by atoms with Crippen molar-refractivity contribution in [3.8, 4) is 12.3 Å². The minimum Gasteiger partial charge on any atom is -0.458 e. The van der Waals surface area contributed by atoms with E-state index in [0.29, 0.717) is 12.8 Å². The molecular formula is C9H12O3. The summed E-state index contributed by atoms with van der Waals surface area (Å²) in [4.78, 5) is 10.6. The van der Waals surface area contributed by atoms with Crippen LogP contribution in [0.1, 0.15) is 26.2 Å². The zero-order valence-corrected chi connectivity index (χ0v) is 7.04. The molecule has 1 saturated carbocycles. The number of hydrogen-bond donors (Lipinski definition) is 1. The summed E-state index contributed by atoms with van der Waals surface area (Å²) in [7, 11) is 0. The lowest BCUT2D eigenvalue weighted by molar-refractivity contribution is -0.154. The highest BCUT2D eigenvalue weighted by molar-refractivity contribution is 5.66. The van der Waals surface area contributed by atoms with Gasteiger partial charge in [-0.1, -0.05) is 5.92 Å². The Bertz CT molecular complexity index is 228. The number of carbonyl (C=O) groups excluding carboxylic acids is 1. The monoisotopic (exact) mass is 168 g/mol. The minimum atomic E-state index is -1.23. The van der Waals surface area contributed by atoms with Crippen molar-refractivity contribution >= 4 is 5.97 Å². The maximum absolute atomic E-state index is 10.6. The van der Waals surface area contributed by atoms with Crippen LogP contribution < -0.4 is 0 Å². The first-order valence-corrected chi connectivity index (χ1v) is 3.96. The lowest BCUT2D eigenvalue weighted by Gasteiger charge is -2.23. The Kier molecular flexibility index (Phi) is 2.39. The lowest BCUT2D eigenvalue weighted by Crippen LogP contribution is -2.38. The van der Waals surface area contributed by atoms with Gasteiger partial charge >= 0.3 is 5.97 Å². The van der Waals surface area contributed by atoms with Crippen LogP contribution in [0.4, 0.5) is 0 Å². The van der Waals surface area contributed by atoms with Crippen LogP contribution in [0, 0.1) is 12.3 Å². The molecule has 1 rings (SSSR count). The maximum atomic E-state index is 10.6. The number of hydrogen-bond acceptors (Lipinski definition) is 3. The topological polar surface area (TPSA) is 46.5 Å². The highest BCUT2D eigenvalue weighted by Crippen LogP contribution is 2.31. The Morgan fingerprint density at radius 2 is 2.50 bits per heavy atom. The van der Waals surface area contributed by atoms with Gasteiger partial charge in [0.25, 0.3) is 0 Å². The van der Waals surface area contributed by atoms with Crippen molar-refractivity contribution in [3.63, 3.8) is 0 Å². The maximum Gasteiger partial charge on any atom is 0.303 e. The van der Waals surface area contributed by atoms with E-state index in [1.54, 1.807) is 0 Å². The summed E-state index contributed by atoms with van der Waals surface area (Å²) < 4.78 is 4.89. The average Bonchev–Trinajstić information content (AvgIpc) is 2.33. The van der Waals surface area contributed by atoms with Crippen LogP contribution in [-0.2, 0) is 9.53 Å². The van der Waals surface area contributed by atoms with Crippen molar-refractivity contribution in [2.45, 2.75) is 37.9 Å². The number of ether oxygens (including phenoxy) is 1. The molecule has 2 atom stereocenters. The minimum absolute atomic E-state index is 0.393. The first kappa shape index (κ1) is 9.08. The first-order chi connectivity index (χ1) is 5.58. The van der Waals surface area contributed by atoms with Gasteiger partial charge in [-0.2, -0.15) is 0 Å². The van der Waals surface area contributed by atoms with Gasteiger partial charge in [-0.05, 0) is 19.3 Å². The Morgan fingerprint density at radius 1 is 1.83 bits per heavy atom. The molecule has 0 unspecified atom stereocenters. The van der Waals surface area contributed by atoms with Gasteiger partial charge in [-0.3, -0.25) is 4.79 Å². The fourth-order valence-electron chi connectivity index (χ4n) is 1.48. The summed E-state index contributed by atoms with van der Waals surface area (Å²) in [5, 5.41) is 9.70. The van der Waals surface area contributed by atoms with Crippen molar-refractivity contribution in [3.05, 3.63) is 0 Å². The molecule has 0 aromatic heterocycles. The van der Waals surface area contributed by atoms with Crippen molar-refractivity contribution in [1.82, 2.24) is 0 Å². The predicted molar refractivity (Wildman–Crippen MR) is 43.2 cm³/mol. The molecular weight excluding hydrogens is 156 g/mol. The van der Waals surface area contributed by atoms with Crippen molar-refractivity contribution in [2.24, 2.45) is 0 Å². The molecule has 0 saturated heterocycles. The van der Waals surface area contributed by atoms with Crippen LogP contribution in [0.5, 0.6) is 0 Å². The molecule has 1 N–H and O–H groups in total. The van der Waals surface area contributed by atoms with E-state index in [0.717, 1.165) is 6.42 Å². The van der Waals surface area contributed by atoms with Gasteiger partial charge in [-0.25, -0.2) is 0 Å². The van der Waals surface area contributed by atoms with Crippen LogP contribution in [0.15, 0.2) is 0 Å². The van der Waals surface area contributed by atoms with Crippen molar-refractivity contribution < 1.29 is 14.6 Å². The van der Waals surface area contributed by atoms with Crippen molar-refractivity contribution in [2.75, 3.05) is 0 Å². The molecule has 0 aliphatic heterocycles. The zero-order chi connectivity index (χ0) is 9.19. The fraction of sp³-hybridized carbons (Fsp3) is 0.667. The lowest BCUT2D eigenvalue weighted by atomic mass is 10.0. The van der Waals surface area contributed by atoms with E-state index >= 15 is 0 Å². The van der Waals surface area contributed by atoms with E-state index in [-0.39, 0.29) is 0 Å². The third-order valence-electron chi connectivity index (χ3n) is 2.12. The highest BCUT2D eigenvalue weighted by atomic mass is 16.6. The van der Waals surface area contributed by atoms with Gasteiger partial charge in [0.2, 0.25) is 0 Å². The van der Waals surface area contributed by atoms with Crippen LogP contribution in [-0.4, -0.2) is 22.8 Å². The third kappa shape index (κ3) is 1.59. The second-order valence-corrected chi connectivity index (χ2v) is 3.06. The molecule has 66 valence electrons. The van der Waals surface area contributed by atoms with Crippen LogP contribution >= 0.6 is 0 Å². The van der Waals surface area contributed by atoms with Crippen LogP contribution in [0.2, 0.25) is 0 Å². The van der Waals surface area contributed by atoms with Gasteiger partial charge in [-0.15, -0.1) is 6.42 Å². The molecule has 1 aliphatic carbocycles. The van der Waals surface area contributed by atoms with E-state index in [2.05, 4.69) is 5.92 Å². The van der Waals surface area contributed by atoms with E-state index in [4.69, 9.17) is 11.2 Å². The largest absolute Gasteiger partial charge is 0.458 e. The number of carbonyl (C=O) groups is 1. The molecule has 3 nitrogen and oxygen atoms in total. The summed E-state index contributed by atoms with van der Waals surface area (Å²) in [6.45, 7) is 1.31. The molecule has 0 aromatic rings. The Morgan fingerprint density at radius 3 is 3.00 bits per heavy atom. The Balaban J connectivity index is 2.65. The Hall–Kier alpha value is -1.01. The summed E-state index contributed by atoms with van der Waals surface area (Å²) in [5.41, 5.74) is -1.23. The summed E-state index contributed by atoms with van der Waals surface area (Å²) >= 11 is 0. The normalized spacial score (nSPS) is 34.2. The first-order valence-electron chi connectivity index (χ1n) is 3.96. The third-order valence-corrected chi connectivity index (χ3v) is 2.12. The average molecular weight is 168 g/mol. The molecule has 0 radical (unpaired) electrons. The SMILES string of the molecule is C#C[C@]1(O)CCC[C@H]1OC(C)=O. The van der Waals surface area contributed by atoms with Gasteiger partial charge in [0, 0.05) is 6.92 Å². The summed E-state index contributed by atoms with van der Waals surface area (Å²) in [5.74, 6) is 1.88. The molecule has 0 heterocycles. The van der Waals surface area contributed by atoms with E-state index < -0.39 is 17.7 Å². The Labute approximate surface area is 71.7 Å². The number of esters is 1. The molecule has 12 heavy (non-hydrogen) atoms. The second-order valence-electron chi connectivity index (χ2n) is 3.06. The predicted octanol–water partition coefficient (Wildman–Crippen LogP) is 0.466. The van der Waals surface area contributed by atoms with Gasteiger partial charge in [0.05, 0.1) is 0 Å². The number of terminal acetylenes is 1. The standard InChI is InChI=1S/C9H12O3/c1-3-9(11)6-4-5-8(9)12-7(2)10/h1,8,11H,4-6H2,2H3/t8-,9+/m1/s1. The molecule has 1 aliphatic rings. The van der Waals surface area contributed by atoms with E-state index in [9.17, 15) is 9.90 Å². The number of rotatable bonds is 1. The van der Waals surface area contributed by atoms with Crippen LogP contribution in [0.3, 0.4) is 0 Å². The summed E-state index contributed by atoms with van der Waals surface area (Å²) in [6.07, 6.45) is 6.60. The fourth-order valence-corrected chi connectivity index (χ4v) is 1.48. The van der Waals surface area contributed by atoms with Gasteiger partial charge < -0.3 is 9.84 Å². The van der Waals surface area contributed by atoms with E-state index in [1.165, 1.54) is 6.92 Å². The van der Waals surface area contributed by atoms with Gasteiger partial charge in [0.15, 0.2) is 5.60 Å². The van der Waals surface area contributed by atoms with E-state index in [1.807, 2.05) is 0 Å². The second kappa shape index (κ2) is 3.16. The molecule has 0 spiro atoms. The van der Waals surface area contributed by atoms with Crippen LogP contribution in [0.25, 0.3) is 0 Å². The van der Waals surface area contributed by atoms with Crippen molar-refractivity contribution in [1.29, 1.82) is 0 Å². The zero-order valence-electron chi connectivity index (χ0n) is 7.04. The molecule has 0 bridgehead atoms. The molecule has 0 aromatic carbocycles. The molecule has 3 heteroatoms. The summed E-state index contributed by atoms with van der Waals surface area (Å²) in [6, 6.07) is 0. The highest BCUT2D eigenvalue weighted by Gasteiger charge is 2.41. The molecule has 0 amide bonds. The smallest absolute Gasteiger partial charge is 0.303 e. The van der Waals surface area contributed by atoms with Gasteiger partial charge in [0.1, 0.15) is 6.10 Å². The molecule has 1 fully saturated rings. The quantitative estimate of drug-likeness (QED) is 0.457. The number of aliphatic hydroxyl groups is 1.